The van der Waals surface area contributed by atoms with Crippen LogP contribution < -0.4 is 10.1 Å². The van der Waals surface area contributed by atoms with Crippen molar-refractivity contribution < 1.29 is 9.53 Å². The topological polar surface area (TPSA) is 51.2 Å². The van der Waals surface area contributed by atoms with Crippen molar-refractivity contribution in [3.8, 4) is 17.6 Å². The summed E-state index contributed by atoms with van der Waals surface area (Å²) in [5.41, 5.74) is 2.16. The minimum absolute atomic E-state index is 0.0640. The van der Waals surface area contributed by atoms with Crippen molar-refractivity contribution >= 4 is 27.5 Å². The molecule has 3 aromatic rings. The number of aromatic nitrogens is 1. The SMILES string of the molecule is O=C(COc1ccc(Br)cc1)Nc1cccc(C#Cc2ccccn2)c1. The molecule has 0 saturated carbocycles. The first-order valence-electron chi connectivity index (χ1n) is 7.90. The van der Waals surface area contributed by atoms with Crippen LogP contribution in [0.5, 0.6) is 5.75 Å². The number of anilines is 1. The van der Waals surface area contributed by atoms with E-state index in [-0.39, 0.29) is 12.5 Å². The minimum atomic E-state index is -0.234. The standard InChI is InChI=1S/C21H15BrN2O2/c22-17-8-11-20(12-9-17)26-15-21(25)24-19-6-3-4-16(14-19)7-10-18-5-1-2-13-23-18/h1-6,8-9,11-14H,15H2,(H,24,25). The number of pyridine rings is 1. The van der Waals surface area contributed by atoms with E-state index >= 15 is 0 Å². The van der Waals surface area contributed by atoms with Crippen molar-refractivity contribution in [2.45, 2.75) is 0 Å². The highest BCUT2D eigenvalue weighted by atomic mass is 79.9. The zero-order valence-electron chi connectivity index (χ0n) is 13.8. The summed E-state index contributed by atoms with van der Waals surface area (Å²) in [5.74, 6) is 6.43. The summed E-state index contributed by atoms with van der Waals surface area (Å²) in [5, 5.41) is 2.81. The average molecular weight is 407 g/mol. The third kappa shape index (κ3) is 5.47. The first-order chi connectivity index (χ1) is 12.7. The number of ether oxygens (including phenoxy) is 1. The zero-order valence-corrected chi connectivity index (χ0v) is 15.4. The Bertz CT molecular complexity index is 945. The van der Waals surface area contributed by atoms with Gasteiger partial charge in [-0.2, -0.15) is 0 Å². The number of rotatable bonds is 4. The summed E-state index contributed by atoms with van der Waals surface area (Å²) in [6, 6.07) is 20.2. The number of hydrogen-bond acceptors (Lipinski definition) is 3. The maximum absolute atomic E-state index is 12.1. The van der Waals surface area contributed by atoms with Gasteiger partial charge >= 0.3 is 0 Å². The Balaban J connectivity index is 1.58. The number of nitrogens with one attached hydrogen (secondary N) is 1. The Labute approximate surface area is 160 Å². The summed E-state index contributed by atoms with van der Waals surface area (Å²) in [7, 11) is 0. The van der Waals surface area contributed by atoms with Crippen LogP contribution in [-0.2, 0) is 4.79 Å². The molecule has 0 spiro atoms. The second kappa shape index (κ2) is 8.84. The normalized spacial score (nSPS) is 9.73. The predicted octanol–water partition coefficient (Wildman–Crippen LogP) is 4.26. The van der Waals surface area contributed by atoms with E-state index in [0.29, 0.717) is 17.1 Å². The molecule has 0 aliphatic rings. The third-order valence-corrected chi connectivity index (χ3v) is 3.86. The number of amides is 1. The van der Waals surface area contributed by atoms with Crippen LogP contribution in [0, 0.1) is 11.8 Å². The molecule has 0 radical (unpaired) electrons. The van der Waals surface area contributed by atoms with Gasteiger partial charge in [0.1, 0.15) is 11.4 Å². The van der Waals surface area contributed by atoms with Crippen LogP contribution in [0.4, 0.5) is 5.69 Å². The maximum atomic E-state index is 12.1. The van der Waals surface area contributed by atoms with Crippen molar-refractivity contribution in [2.24, 2.45) is 0 Å². The van der Waals surface area contributed by atoms with Crippen molar-refractivity contribution in [3.63, 3.8) is 0 Å². The minimum Gasteiger partial charge on any atom is -0.484 e. The molecule has 0 unspecified atom stereocenters. The highest BCUT2D eigenvalue weighted by molar-refractivity contribution is 9.10. The third-order valence-electron chi connectivity index (χ3n) is 3.33. The van der Waals surface area contributed by atoms with Gasteiger partial charge in [0.05, 0.1) is 0 Å². The number of carbonyl (C=O) groups is 1. The molecule has 0 bridgehead atoms. The lowest BCUT2D eigenvalue weighted by Gasteiger charge is -2.08. The van der Waals surface area contributed by atoms with Gasteiger partial charge in [-0.05, 0) is 60.5 Å². The van der Waals surface area contributed by atoms with Crippen LogP contribution in [-0.4, -0.2) is 17.5 Å². The quantitative estimate of drug-likeness (QED) is 0.658. The molecule has 26 heavy (non-hydrogen) atoms. The van der Waals surface area contributed by atoms with Gasteiger partial charge in [-0.3, -0.25) is 4.79 Å². The number of halogens is 1. The first kappa shape index (κ1) is 17.7. The van der Waals surface area contributed by atoms with E-state index < -0.39 is 0 Å². The van der Waals surface area contributed by atoms with Crippen LogP contribution in [0.3, 0.4) is 0 Å². The molecule has 0 aliphatic carbocycles. The largest absolute Gasteiger partial charge is 0.484 e. The van der Waals surface area contributed by atoms with Crippen molar-refractivity contribution in [2.75, 3.05) is 11.9 Å². The smallest absolute Gasteiger partial charge is 0.262 e. The van der Waals surface area contributed by atoms with Gasteiger partial charge in [-0.1, -0.05) is 34.0 Å². The Hall–Kier alpha value is -3.10. The van der Waals surface area contributed by atoms with Crippen LogP contribution in [0.2, 0.25) is 0 Å². The highest BCUT2D eigenvalue weighted by Gasteiger charge is 2.04. The fourth-order valence-corrected chi connectivity index (χ4v) is 2.39. The van der Waals surface area contributed by atoms with Gasteiger partial charge < -0.3 is 10.1 Å². The van der Waals surface area contributed by atoms with E-state index in [1.165, 1.54) is 0 Å². The van der Waals surface area contributed by atoms with Crippen molar-refractivity contribution in [3.05, 3.63) is 88.7 Å². The number of hydrogen-bond donors (Lipinski definition) is 1. The van der Waals surface area contributed by atoms with E-state index in [4.69, 9.17) is 4.74 Å². The Morgan fingerprint density at radius 3 is 2.65 bits per heavy atom. The molecule has 2 aromatic carbocycles. The van der Waals surface area contributed by atoms with Crippen LogP contribution in [0.25, 0.3) is 0 Å². The summed E-state index contributed by atoms with van der Waals surface area (Å²) >= 11 is 3.35. The molecule has 4 nitrogen and oxygen atoms in total. The molecule has 1 N–H and O–H groups in total. The van der Waals surface area contributed by atoms with Gasteiger partial charge in [-0.15, -0.1) is 0 Å². The molecular formula is C21H15BrN2O2. The molecule has 0 saturated heterocycles. The molecule has 1 aromatic heterocycles. The summed E-state index contributed by atoms with van der Waals surface area (Å²) in [4.78, 5) is 16.2. The average Bonchev–Trinajstić information content (AvgIpc) is 2.67. The van der Waals surface area contributed by atoms with E-state index in [1.807, 2.05) is 54.6 Å². The lowest BCUT2D eigenvalue weighted by Crippen LogP contribution is -2.20. The first-order valence-corrected chi connectivity index (χ1v) is 8.70. The number of carbonyl (C=O) groups excluding carboxylic acids is 1. The predicted molar refractivity (Wildman–Crippen MR) is 105 cm³/mol. The van der Waals surface area contributed by atoms with Crippen LogP contribution in [0.1, 0.15) is 11.3 Å². The van der Waals surface area contributed by atoms with Crippen LogP contribution in [0.15, 0.2) is 77.4 Å². The molecule has 5 heteroatoms. The summed E-state index contributed by atoms with van der Waals surface area (Å²) < 4.78 is 6.42. The van der Waals surface area contributed by atoms with Crippen LogP contribution >= 0.6 is 15.9 Å². The van der Waals surface area contributed by atoms with E-state index in [1.54, 1.807) is 18.3 Å². The fraction of sp³-hybridized carbons (Fsp3) is 0.0476. The number of nitrogens with zero attached hydrogens (tertiary/aromatic N) is 1. The molecule has 1 heterocycles. The lowest BCUT2D eigenvalue weighted by molar-refractivity contribution is -0.118. The summed E-state index contributed by atoms with van der Waals surface area (Å²) in [6.07, 6.45) is 1.70. The fourth-order valence-electron chi connectivity index (χ4n) is 2.12. The van der Waals surface area contributed by atoms with Gasteiger partial charge in [0.15, 0.2) is 6.61 Å². The molecule has 0 atom stereocenters. The monoisotopic (exact) mass is 406 g/mol. The molecule has 0 aliphatic heterocycles. The second-order valence-corrected chi connectivity index (χ2v) is 6.25. The number of benzene rings is 2. The highest BCUT2D eigenvalue weighted by Crippen LogP contribution is 2.16. The molecule has 1 amide bonds. The Morgan fingerprint density at radius 2 is 1.88 bits per heavy atom. The molecule has 128 valence electrons. The van der Waals surface area contributed by atoms with E-state index in [9.17, 15) is 4.79 Å². The lowest BCUT2D eigenvalue weighted by atomic mass is 10.2. The van der Waals surface area contributed by atoms with Gasteiger partial charge in [-0.25, -0.2) is 4.98 Å². The van der Waals surface area contributed by atoms with Gasteiger partial charge in [0.25, 0.3) is 5.91 Å². The van der Waals surface area contributed by atoms with Gasteiger partial charge in [0, 0.05) is 21.9 Å². The van der Waals surface area contributed by atoms with Gasteiger partial charge in [0.2, 0.25) is 0 Å². The molecule has 3 rings (SSSR count). The van der Waals surface area contributed by atoms with E-state index in [2.05, 4.69) is 38.1 Å². The summed E-state index contributed by atoms with van der Waals surface area (Å²) in [6.45, 7) is -0.0640. The zero-order chi connectivity index (χ0) is 18.2. The second-order valence-electron chi connectivity index (χ2n) is 5.34. The molecular weight excluding hydrogens is 392 g/mol. The Kier molecular flexibility index (Phi) is 6.02. The Morgan fingerprint density at radius 1 is 1.04 bits per heavy atom. The maximum Gasteiger partial charge on any atom is 0.262 e. The molecule has 0 fully saturated rings. The van der Waals surface area contributed by atoms with Crippen molar-refractivity contribution in [1.82, 2.24) is 4.98 Å². The van der Waals surface area contributed by atoms with E-state index in [0.717, 1.165) is 10.0 Å². The van der Waals surface area contributed by atoms with Crippen molar-refractivity contribution in [1.29, 1.82) is 0 Å².